The zero-order valence-corrected chi connectivity index (χ0v) is 16.5. The van der Waals surface area contributed by atoms with Crippen molar-refractivity contribution in [1.82, 2.24) is 0 Å². The summed E-state index contributed by atoms with van der Waals surface area (Å²) >= 11 is 0. The van der Waals surface area contributed by atoms with E-state index in [1.165, 1.54) is 5.56 Å². The van der Waals surface area contributed by atoms with E-state index < -0.39 is 9.04 Å². The number of hydrogen-bond donors (Lipinski definition) is 0. The molecule has 0 amide bonds. The molecule has 0 aliphatic carbocycles. The highest BCUT2D eigenvalue weighted by Crippen LogP contribution is 2.29. The van der Waals surface area contributed by atoms with E-state index in [9.17, 15) is 0 Å². The molecule has 23 heavy (non-hydrogen) atoms. The van der Waals surface area contributed by atoms with Gasteiger partial charge in [0.05, 0.1) is 19.3 Å². The molecule has 0 N–H and O–H groups in total. The molecule has 0 saturated carbocycles. The number of ether oxygens (including phenoxy) is 3. The molecule has 0 fully saturated rings. The summed E-state index contributed by atoms with van der Waals surface area (Å²) in [4.78, 5) is 0. The van der Waals surface area contributed by atoms with Crippen molar-refractivity contribution in [3.63, 3.8) is 0 Å². The minimum atomic E-state index is -0.834. The molecule has 0 aliphatic heterocycles. The lowest BCUT2D eigenvalue weighted by atomic mass is 9.84. The van der Waals surface area contributed by atoms with Gasteiger partial charge < -0.3 is 18.6 Å². The Kier molecular flexibility index (Phi) is 8.26. The van der Waals surface area contributed by atoms with Crippen molar-refractivity contribution in [3.8, 4) is 5.75 Å². The summed E-state index contributed by atoms with van der Waals surface area (Å²) in [5.41, 5.74) is 1.16. The fourth-order valence-electron chi connectivity index (χ4n) is 2.50. The summed E-state index contributed by atoms with van der Waals surface area (Å²) in [6, 6.07) is 8.09. The highest BCUT2D eigenvalue weighted by atomic mass is 28.3. The summed E-state index contributed by atoms with van der Waals surface area (Å²) in [6.45, 7) is 11.1. The molecule has 131 valence electrons. The number of benzene rings is 1. The van der Waals surface area contributed by atoms with Crippen LogP contribution in [0, 0.1) is 5.41 Å². The fraction of sp³-hybridized carbons (Fsp3) is 0.667. The molecule has 0 aromatic heterocycles. The normalized spacial score (nSPS) is 14.8. The molecular weight excluding hydrogens is 308 g/mol. The average Bonchev–Trinajstić information content (AvgIpc) is 2.48. The molecule has 1 unspecified atom stereocenters. The lowest BCUT2D eigenvalue weighted by molar-refractivity contribution is -0.128. The summed E-state index contributed by atoms with van der Waals surface area (Å²) in [6.07, 6.45) is 0.701. The van der Waals surface area contributed by atoms with Gasteiger partial charge in [0.1, 0.15) is 12.5 Å². The van der Waals surface area contributed by atoms with Crippen LogP contribution in [0.2, 0.25) is 13.1 Å². The third-order valence-electron chi connectivity index (χ3n) is 3.52. The molecule has 0 saturated heterocycles. The van der Waals surface area contributed by atoms with Gasteiger partial charge in [0.15, 0.2) is 0 Å². The SMILES string of the molecule is COCOC(Cc1cccc(OC)c1)[C@H](O[Si](C)C)C(C)(C)C. The molecule has 0 heterocycles. The first-order valence-corrected chi connectivity index (χ1v) is 10.4. The largest absolute Gasteiger partial charge is 0.497 e. The molecule has 0 aliphatic rings. The van der Waals surface area contributed by atoms with Crippen molar-refractivity contribution in [2.45, 2.75) is 52.5 Å². The number of hydrogen-bond acceptors (Lipinski definition) is 4. The lowest BCUT2D eigenvalue weighted by Crippen LogP contribution is -2.45. The smallest absolute Gasteiger partial charge is 0.205 e. The van der Waals surface area contributed by atoms with Gasteiger partial charge in [-0.1, -0.05) is 32.9 Å². The Morgan fingerprint density at radius 1 is 1.13 bits per heavy atom. The minimum Gasteiger partial charge on any atom is -0.497 e. The minimum absolute atomic E-state index is 0.00717. The summed E-state index contributed by atoms with van der Waals surface area (Å²) in [5.74, 6) is 0.858. The molecule has 5 heteroatoms. The second-order valence-electron chi connectivity index (χ2n) is 6.98. The van der Waals surface area contributed by atoms with Gasteiger partial charge in [-0.25, -0.2) is 0 Å². The maximum absolute atomic E-state index is 6.29. The molecule has 4 nitrogen and oxygen atoms in total. The Morgan fingerprint density at radius 2 is 1.83 bits per heavy atom. The van der Waals surface area contributed by atoms with Crippen LogP contribution in [0.5, 0.6) is 5.75 Å². The zero-order valence-electron chi connectivity index (χ0n) is 15.5. The Hall–Kier alpha value is -0.883. The van der Waals surface area contributed by atoms with E-state index in [0.29, 0.717) is 0 Å². The number of methoxy groups -OCH3 is 2. The van der Waals surface area contributed by atoms with Crippen molar-refractivity contribution < 1.29 is 18.6 Å². The standard InChI is InChI=1S/C18H31O4Si/c1-18(2,3)17(22-23(6)7)16(21-13-19-4)12-14-9-8-10-15(11-14)20-5/h8-11,16-17H,12-13H2,1-7H3/t16?,17-/m0/s1. The Balaban J connectivity index is 2.99. The van der Waals surface area contributed by atoms with E-state index in [-0.39, 0.29) is 24.4 Å². The third-order valence-corrected chi connectivity index (χ3v) is 4.25. The van der Waals surface area contributed by atoms with E-state index >= 15 is 0 Å². The molecule has 1 aromatic carbocycles. The quantitative estimate of drug-likeness (QED) is 0.505. The van der Waals surface area contributed by atoms with Crippen LogP contribution in [0.1, 0.15) is 26.3 Å². The van der Waals surface area contributed by atoms with Crippen LogP contribution < -0.4 is 4.74 Å². The van der Waals surface area contributed by atoms with Crippen LogP contribution in [-0.4, -0.2) is 42.3 Å². The Labute approximate surface area is 142 Å². The van der Waals surface area contributed by atoms with E-state index in [4.69, 9.17) is 18.6 Å². The zero-order chi connectivity index (χ0) is 17.5. The van der Waals surface area contributed by atoms with Gasteiger partial charge in [0, 0.05) is 13.5 Å². The summed E-state index contributed by atoms with van der Waals surface area (Å²) < 4.78 is 22.7. The maximum Gasteiger partial charge on any atom is 0.205 e. The lowest BCUT2D eigenvalue weighted by Gasteiger charge is -2.38. The van der Waals surface area contributed by atoms with Crippen LogP contribution in [0.25, 0.3) is 0 Å². The monoisotopic (exact) mass is 339 g/mol. The number of rotatable bonds is 9. The van der Waals surface area contributed by atoms with Crippen LogP contribution in [0.4, 0.5) is 0 Å². The fourth-order valence-corrected chi connectivity index (χ4v) is 3.52. The van der Waals surface area contributed by atoms with Crippen molar-refractivity contribution in [2.75, 3.05) is 21.0 Å². The molecule has 2 atom stereocenters. The molecule has 0 bridgehead atoms. The van der Waals surface area contributed by atoms with Crippen LogP contribution in [0.15, 0.2) is 24.3 Å². The predicted octanol–water partition coefficient (Wildman–Crippen LogP) is 3.91. The van der Waals surface area contributed by atoms with E-state index in [1.807, 2.05) is 18.2 Å². The topological polar surface area (TPSA) is 36.9 Å². The second-order valence-corrected chi connectivity index (χ2v) is 9.03. The van der Waals surface area contributed by atoms with Crippen LogP contribution >= 0.6 is 0 Å². The maximum atomic E-state index is 6.29. The Bertz CT molecular complexity index is 457. The van der Waals surface area contributed by atoms with Gasteiger partial charge in [0.2, 0.25) is 9.04 Å². The van der Waals surface area contributed by atoms with Gasteiger partial charge >= 0.3 is 0 Å². The van der Waals surface area contributed by atoms with Gasteiger partial charge in [0.25, 0.3) is 0 Å². The first kappa shape index (κ1) is 20.2. The Morgan fingerprint density at radius 3 is 2.35 bits per heavy atom. The summed E-state index contributed by atoms with van der Waals surface area (Å²) in [5, 5.41) is 0. The van der Waals surface area contributed by atoms with Crippen molar-refractivity contribution in [1.29, 1.82) is 0 Å². The van der Waals surface area contributed by atoms with E-state index in [0.717, 1.165) is 12.2 Å². The third kappa shape index (κ3) is 7.04. The van der Waals surface area contributed by atoms with Gasteiger partial charge in [-0.3, -0.25) is 0 Å². The molecule has 0 spiro atoms. The molecular formula is C18H31O4Si. The van der Waals surface area contributed by atoms with Gasteiger partial charge in [-0.15, -0.1) is 0 Å². The van der Waals surface area contributed by atoms with E-state index in [1.54, 1.807) is 14.2 Å². The molecule has 1 radical (unpaired) electrons. The first-order chi connectivity index (χ1) is 10.8. The van der Waals surface area contributed by atoms with E-state index in [2.05, 4.69) is 39.9 Å². The second kappa shape index (κ2) is 9.42. The average molecular weight is 340 g/mol. The highest BCUT2D eigenvalue weighted by molar-refractivity contribution is 6.48. The molecule has 1 rings (SSSR count). The molecule has 1 aromatic rings. The van der Waals surface area contributed by atoms with Gasteiger partial charge in [-0.2, -0.15) is 0 Å². The predicted molar refractivity (Wildman–Crippen MR) is 95.3 cm³/mol. The van der Waals surface area contributed by atoms with Crippen LogP contribution in [0.3, 0.4) is 0 Å². The van der Waals surface area contributed by atoms with Crippen molar-refractivity contribution in [2.24, 2.45) is 5.41 Å². The summed E-state index contributed by atoms with van der Waals surface area (Å²) in [7, 11) is 2.49. The highest BCUT2D eigenvalue weighted by Gasteiger charge is 2.34. The van der Waals surface area contributed by atoms with Gasteiger partial charge in [-0.05, 0) is 36.2 Å². The van der Waals surface area contributed by atoms with Crippen LogP contribution in [-0.2, 0) is 20.3 Å². The van der Waals surface area contributed by atoms with Crippen molar-refractivity contribution in [3.05, 3.63) is 29.8 Å². The first-order valence-electron chi connectivity index (χ1n) is 7.98. The van der Waals surface area contributed by atoms with Crippen molar-refractivity contribution >= 4 is 9.04 Å².